The maximum atomic E-state index is 3.48. The van der Waals surface area contributed by atoms with Crippen LogP contribution in [0.5, 0.6) is 0 Å². The van der Waals surface area contributed by atoms with Gasteiger partial charge in [-0.05, 0) is 17.5 Å². The van der Waals surface area contributed by atoms with Crippen molar-refractivity contribution in [3.8, 4) is 0 Å². The number of piperazine rings is 1. The van der Waals surface area contributed by atoms with Gasteiger partial charge in [-0.1, -0.05) is 24.3 Å². The summed E-state index contributed by atoms with van der Waals surface area (Å²) < 4.78 is 0. The van der Waals surface area contributed by atoms with E-state index < -0.39 is 0 Å². The number of nitrogens with one attached hydrogen (secondary N) is 1. The van der Waals surface area contributed by atoms with Gasteiger partial charge >= 0.3 is 0 Å². The Labute approximate surface area is 109 Å². The number of hydrogen-bond acceptors (Lipinski definition) is 2. The highest BCUT2D eigenvalue weighted by Gasteiger charge is 2.28. The van der Waals surface area contributed by atoms with E-state index in [-0.39, 0.29) is 24.8 Å². The first-order chi connectivity index (χ1) is 6.95. The van der Waals surface area contributed by atoms with Crippen molar-refractivity contribution < 1.29 is 0 Å². The van der Waals surface area contributed by atoms with Crippen LogP contribution in [0.15, 0.2) is 24.3 Å². The van der Waals surface area contributed by atoms with E-state index in [1.54, 1.807) is 11.1 Å². The van der Waals surface area contributed by atoms with Gasteiger partial charge in [0.05, 0.1) is 0 Å². The summed E-state index contributed by atoms with van der Waals surface area (Å²) in [6, 6.07) is 9.52. The molecule has 2 aliphatic heterocycles. The molecular weight excluding hydrogens is 243 g/mol. The van der Waals surface area contributed by atoms with Gasteiger partial charge in [0.15, 0.2) is 0 Å². The van der Waals surface area contributed by atoms with Gasteiger partial charge in [0.1, 0.15) is 0 Å². The third kappa shape index (κ3) is 2.35. The molecule has 1 unspecified atom stereocenters. The molecule has 0 radical (unpaired) electrons. The lowest BCUT2D eigenvalue weighted by Gasteiger charge is -2.40. The van der Waals surface area contributed by atoms with E-state index in [0.717, 1.165) is 13.1 Å². The molecule has 1 N–H and O–H groups in total. The molecule has 16 heavy (non-hydrogen) atoms. The van der Waals surface area contributed by atoms with Gasteiger partial charge in [-0.2, -0.15) is 0 Å². The lowest BCUT2D eigenvalue weighted by Crippen LogP contribution is -2.48. The van der Waals surface area contributed by atoms with Crippen LogP contribution in [0.2, 0.25) is 0 Å². The van der Waals surface area contributed by atoms with E-state index in [0.29, 0.717) is 6.04 Å². The molecule has 4 heteroatoms. The second-order valence-corrected chi connectivity index (χ2v) is 4.20. The van der Waals surface area contributed by atoms with Crippen LogP contribution in [-0.4, -0.2) is 31.1 Å². The fraction of sp³-hybridized carbons (Fsp3) is 0.500. The Morgan fingerprint density at radius 3 is 2.81 bits per heavy atom. The lowest BCUT2D eigenvalue weighted by molar-refractivity contribution is 0.152. The lowest BCUT2D eigenvalue weighted by atomic mass is 9.91. The van der Waals surface area contributed by atoms with Crippen molar-refractivity contribution in [2.75, 3.05) is 26.2 Å². The van der Waals surface area contributed by atoms with Gasteiger partial charge < -0.3 is 5.32 Å². The van der Waals surface area contributed by atoms with Crippen LogP contribution in [0.1, 0.15) is 17.2 Å². The number of rotatable bonds is 0. The molecule has 1 aromatic rings. The van der Waals surface area contributed by atoms with Gasteiger partial charge in [-0.3, -0.25) is 4.90 Å². The van der Waals surface area contributed by atoms with E-state index in [9.17, 15) is 0 Å². The minimum Gasteiger partial charge on any atom is -0.314 e. The van der Waals surface area contributed by atoms with E-state index >= 15 is 0 Å². The van der Waals surface area contributed by atoms with E-state index in [2.05, 4.69) is 34.5 Å². The summed E-state index contributed by atoms with van der Waals surface area (Å²) in [7, 11) is 0. The fourth-order valence-electron chi connectivity index (χ4n) is 2.67. The highest BCUT2D eigenvalue weighted by molar-refractivity contribution is 5.85. The van der Waals surface area contributed by atoms with Gasteiger partial charge in [-0.15, -0.1) is 24.8 Å². The maximum absolute atomic E-state index is 3.48. The van der Waals surface area contributed by atoms with Crippen molar-refractivity contribution in [2.24, 2.45) is 0 Å². The Bertz CT molecular complexity index is 344. The van der Waals surface area contributed by atoms with E-state index in [4.69, 9.17) is 0 Å². The predicted octanol–water partition coefficient (Wildman–Crippen LogP) is 2.03. The highest BCUT2D eigenvalue weighted by Crippen LogP contribution is 2.29. The summed E-state index contributed by atoms with van der Waals surface area (Å²) in [5.74, 6) is 0. The zero-order valence-corrected chi connectivity index (χ0v) is 10.8. The van der Waals surface area contributed by atoms with Gasteiger partial charge in [0.25, 0.3) is 0 Å². The second kappa shape index (κ2) is 5.87. The Kier molecular flexibility index (Phi) is 5.06. The molecule has 0 saturated carbocycles. The van der Waals surface area contributed by atoms with Crippen molar-refractivity contribution in [2.45, 2.75) is 12.5 Å². The molecule has 2 heterocycles. The van der Waals surface area contributed by atoms with Crippen LogP contribution in [0.3, 0.4) is 0 Å². The number of nitrogens with zero attached hydrogens (tertiary/aromatic N) is 1. The minimum absolute atomic E-state index is 0. The van der Waals surface area contributed by atoms with E-state index in [1.807, 2.05) is 0 Å². The Morgan fingerprint density at radius 1 is 1.12 bits per heavy atom. The Hall–Kier alpha value is -0.280. The minimum atomic E-state index is 0. The number of hydrogen-bond donors (Lipinski definition) is 1. The first-order valence-electron chi connectivity index (χ1n) is 5.48. The molecule has 1 saturated heterocycles. The topological polar surface area (TPSA) is 15.3 Å². The Balaban J connectivity index is 0.000000640. The normalized spacial score (nSPS) is 23.4. The van der Waals surface area contributed by atoms with E-state index in [1.165, 1.54) is 19.5 Å². The predicted molar refractivity (Wildman–Crippen MR) is 71.8 cm³/mol. The average Bonchev–Trinajstić information content (AvgIpc) is 2.29. The summed E-state index contributed by atoms with van der Waals surface area (Å²) in [5.41, 5.74) is 3.10. The van der Waals surface area contributed by atoms with Crippen molar-refractivity contribution in [1.82, 2.24) is 10.2 Å². The SMILES string of the molecule is Cl.Cl.c1ccc2c(c1)CCN1CCNCC21. The van der Waals surface area contributed by atoms with Crippen LogP contribution in [0, 0.1) is 0 Å². The monoisotopic (exact) mass is 260 g/mol. The van der Waals surface area contributed by atoms with Crippen LogP contribution >= 0.6 is 24.8 Å². The standard InChI is InChI=1S/C12H16N2.2ClH/c1-2-4-11-10(3-1)5-7-14-8-6-13-9-12(11)14;;/h1-4,12-13H,5-9H2;2*1H. The summed E-state index contributed by atoms with van der Waals surface area (Å²) in [6.07, 6.45) is 1.23. The average molecular weight is 261 g/mol. The van der Waals surface area contributed by atoms with Gasteiger partial charge in [0, 0.05) is 32.2 Å². The van der Waals surface area contributed by atoms with Crippen molar-refractivity contribution in [3.05, 3.63) is 35.4 Å². The Morgan fingerprint density at radius 2 is 1.94 bits per heavy atom. The molecule has 2 aliphatic rings. The number of fused-ring (bicyclic) bond motifs is 3. The zero-order valence-electron chi connectivity index (χ0n) is 9.19. The van der Waals surface area contributed by atoms with Crippen LogP contribution in [0.4, 0.5) is 0 Å². The highest BCUT2D eigenvalue weighted by atomic mass is 35.5. The third-order valence-electron chi connectivity index (χ3n) is 3.44. The van der Waals surface area contributed by atoms with Gasteiger partial charge in [-0.25, -0.2) is 0 Å². The molecule has 2 nitrogen and oxygen atoms in total. The van der Waals surface area contributed by atoms with Crippen LogP contribution in [0.25, 0.3) is 0 Å². The largest absolute Gasteiger partial charge is 0.314 e. The molecule has 1 atom stereocenters. The van der Waals surface area contributed by atoms with Gasteiger partial charge in [0.2, 0.25) is 0 Å². The smallest absolute Gasteiger partial charge is 0.0476 e. The molecule has 3 rings (SSSR count). The molecule has 1 fully saturated rings. The number of benzene rings is 1. The molecule has 0 aliphatic carbocycles. The summed E-state index contributed by atoms with van der Waals surface area (Å²) in [5, 5.41) is 3.48. The molecule has 1 aromatic carbocycles. The first kappa shape index (κ1) is 13.8. The van der Waals surface area contributed by atoms with Crippen molar-refractivity contribution >= 4 is 24.8 Å². The summed E-state index contributed by atoms with van der Waals surface area (Å²) in [6.45, 7) is 4.72. The second-order valence-electron chi connectivity index (χ2n) is 4.20. The molecule has 0 bridgehead atoms. The maximum Gasteiger partial charge on any atom is 0.0476 e. The molecule has 90 valence electrons. The molecule has 0 amide bonds. The number of halogens is 2. The fourth-order valence-corrected chi connectivity index (χ4v) is 2.67. The first-order valence-corrected chi connectivity index (χ1v) is 5.48. The summed E-state index contributed by atoms with van der Waals surface area (Å²) >= 11 is 0. The van der Waals surface area contributed by atoms with Crippen molar-refractivity contribution in [3.63, 3.8) is 0 Å². The molecule has 0 spiro atoms. The summed E-state index contributed by atoms with van der Waals surface area (Å²) in [4.78, 5) is 2.61. The van der Waals surface area contributed by atoms with Crippen LogP contribution in [-0.2, 0) is 6.42 Å². The van der Waals surface area contributed by atoms with Crippen molar-refractivity contribution in [1.29, 1.82) is 0 Å². The quantitative estimate of drug-likeness (QED) is 0.768. The molecular formula is C12H18Cl2N2. The van der Waals surface area contributed by atoms with Crippen LogP contribution < -0.4 is 5.32 Å². The third-order valence-corrected chi connectivity index (χ3v) is 3.44. The molecule has 0 aromatic heterocycles. The zero-order chi connectivity index (χ0) is 9.38.